The van der Waals surface area contributed by atoms with Crippen LogP contribution in [-0.4, -0.2) is 52.3 Å². The van der Waals surface area contributed by atoms with E-state index in [9.17, 15) is 9.59 Å². The SMILES string of the molecule is CC(C)NCC(COc1cncnc1)OC(=O)C(=O)O. The zero-order chi connectivity index (χ0) is 15.0. The highest BCUT2D eigenvalue weighted by Gasteiger charge is 2.21. The van der Waals surface area contributed by atoms with E-state index in [1.54, 1.807) is 0 Å². The van der Waals surface area contributed by atoms with Gasteiger partial charge >= 0.3 is 11.9 Å². The molecule has 8 heteroatoms. The molecule has 1 heterocycles. The molecule has 1 rings (SSSR count). The zero-order valence-corrected chi connectivity index (χ0v) is 11.3. The van der Waals surface area contributed by atoms with Crippen molar-refractivity contribution in [3.63, 3.8) is 0 Å². The molecular formula is C12H17N3O5. The quantitative estimate of drug-likeness (QED) is 0.525. The van der Waals surface area contributed by atoms with Gasteiger partial charge in [-0.3, -0.25) is 0 Å². The van der Waals surface area contributed by atoms with Crippen LogP contribution in [0.1, 0.15) is 13.8 Å². The van der Waals surface area contributed by atoms with Crippen LogP contribution in [0.4, 0.5) is 0 Å². The molecule has 20 heavy (non-hydrogen) atoms. The zero-order valence-electron chi connectivity index (χ0n) is 11.3. The molecule has 110 valence electrons. The monoisotopic (exact) mass is 283 g/mol. The number of aliphatic carboxylic acids is 1. The maximum absolute atomic E-state index is 11.1. The average molecular weight is 283 g/mol. The van der Waals surface area contributed by atoms with E-state index in [2.05, 4.69) is 15.3 Å². The second kappa shape index (κ2) is 8.05. The van der Waals surface area contributed by atoms with Crippen molar-refractivity contribution in [3.8, 4) is 5.75 Å². The van der Waals surface area contributed by atoms with E-state index >= 15 is 0 Å². The molecule has 1 unspecified atom stereocenters. The Kier molecular flexibility index (Phi) is 6.38. The van der Waals surface area contributed by atoms with E-state index < -0.39 is 18.0 Å². The molecule has 8 nitrogen and oxygen atoms in total. The summed E-state index contributed by atoms with van der Waals surface area (Å²) in [5.74, 6) is -2.54. The fourth-order valence-corrected chi connectivity index (χ4v) is 1.25. The first-order chi connectivity index (χ1) is 9.49. The van der Waals surface area contributed by atoms with Gasteiger partial charge in [0.15, 0.2) is 5.75 Å². The standard InChI is InChI=1S/C12H17N3O5/c1-8(2)15-5-10(20-12(18)11(16)17)6-19-9-3-13-7-14-4-9/h3-4,7-8,10,15H,5-6H2,1-2H3,(H,16,17). The number of hydrogen-bond donors (Lipinski definition) is 2. The number of aromatic nitrogens is 2. The smallest absolute Gasteiger partial charge is 0.417 e. The minimum Gasteiger partial charge on any atom is -0.486 e. The Morgan fingerprint density at radius 3 is 2.55 bits per heavy atom. The average Bonchev–Trinajstić information content (AvgIpc) is 2.42. The Morgan fingerprint density at radius 2 is 2.00 bits per heavy atom. The highest BCUT2D eigenvalue weighted by molar-refractivity contribution is 6.28. The van der Waals surface area contributed by atoms with Crippen LogP contribution >= 0.6 is 0 Å². The number of rotatable bonds is 7. The van der Waals surface area contributed by atoms with Crippen molar-refractivity contribution in [1.29, 1.82) is 0 Å². The third kappa shape index (κ3) is 6.10. The van der Waals surface area contributed by atoms with E-state index in [1.807, 2.05) is 13.8 Å². The number of carbonyl (C=O) groups is 2. The van der Waals surface area contributed by atoms with Crippen molar-refractivity contribution in [2.75, 3.05) is 13.2 Å². The summed E-state index contributed by atoms with van der Waals surface area (Å²) in [6.07, 6.45) is 3.55. The first kappa shape index (κ1) is 15.8. The molecule has 0 aliphatic carbocycles. The number of carboxylic acid groups (broad SMARTS) is 1. The van der Waals surface area contributed by atoms with E-state index in [0.29, 0.717) is 5.75 Å². The van der Waals surface area contributed by atoms with Gasteiger partial charge in [-0.15, -0.1) is 0 Å². The molecule has 0 spiro atoms. The Morgan fingerprint density at radius 1 is 1.35 bits per heavy atom. The summed E-state index contributed by atoms with van der Waals surface area (Å²) in [5.41, 5.74) is 0. The second-order valence-corrected chi connectivity index (χ2v) is 4.28. The van der Waals surface area contributed by atoms with E-state index in [-0.39, 0.29) is 19.2 Å². The molecule has 0 saturated carbocycles. The second-order valence-electron chi connectivity index (χ2n) is 4.28. The molecule has 0 amide bonds. The maximum Gasteiger partial charge on any atom is 0.417 e. The van der Waals surface area contributed by atoms with Crippen molar-refractivity contribution in [1.82, 2.24) is 15.3 Å². The summed E-state index contributed by atoms with van der Waals surface area (Å²) in [5, 5.41) is 11.6. The number of ether oxygens (including phenoxy) is 2. The minimum absolute atomic E-state index is 0.00606. The minimum atomic E-state index is -1.64. The van der Waals surface area contributed by atoms with Crippen molar-refractivity contribution >= 4 is 11.9 Å². The third-order valence-corrected chi connectivity index (χ3v) is 2.17. The number of nitrogens with zero attached hydrogens (tertiary/aromatic N) is 2. The van der Waals surface area contributed by atoms with E-state index in [0.717, 1.165) is 0 Å². The van der Waals surface area contributed by atoms with Crippen LogP contribution in [0.25, 0.3) is 0 Å². The molecule has 0 aliphatic heterocycles. The summed E-state index contributed by atoms with van der Waals surface area (Å²) >= 11 is 0. The van der Waals surface area contributed by atoms with Crippen LogP contribution < -0.4 is 10.1 Å². The van der Waals surface area contributed by atoms with Crippen molar-refractivity contribution in [2.45, 2.75) is 26.0 Å². The van der Waals surface area contributed by atoms with Crippen molar-refractivity contribution in [2.24, 2.45) is 0 Å². The fraction of sp³-hybridized carbons (Fsp3) is 0.500. The first-order valence-electron chi connectivity index (χ1n) is 6.04. The summed E-state index contributed by atoms with van der Waals surface area (Å²) in [6, 6.07) is 0.168. The lowest BCUT2D eigenvalue weighted by Gasteiger charge is -2.19. The molecule has 0 fully saturated rings. The molecular weight excluding hydrogens is 266 g/mol. The number of carbonyl (C=O) groups excluding carboxylic acids is 1. The highest BCUT2D eigenvalue weighted by atomic mass is 16.6. The molecule has 0 radical (unpaired) electrons. The fourth-order valence-electron chi connectivity index (χ4n) is 1.25. The van der Waals surface area contributed by atoms with E-state index in [4.69, 9.17) is 14.6 Å². The van der Waals surface area contributed by atoms with Crippen LogP contribution in [0.15, 0.2) is 18.7 Å². The Labute approximate surface area is 116 Å². The summed E-state index contributed by atoms with van der Waals surface area (Å²) in [4.78, 5) is 29.1. The van der Waals surface area contributed by atoms with Crippen LogP contribution in [-0.2, 0) is 14.3 Å². The van der Waals surface area contributed by atoms with Crippen LogP contribution in [0, 0.1) is 0 Å². The summed E-state index contributed by atoms with van der Waals surface area (Å²) in [6.45, 7) is 4.13. The normalized spacial score (nSPS) is 11.9. The van der Waals surface area contributed by atoms with Crippen molar-refractivity contribution < 1.29 is 24.2 Å². The predicted molar refractivity (Wildman–Crippen MR) is 68.2 cm³/mol. The van der Waals surface area contributed by atoms with Gasteiger partial charge in [0.25, 0.3) is 0 Å². The van der Waals surface area contributed by atoms with Gasteiger partial charge in [-0.1, -0.05) is 13.8 Å². The third-order valence-electron chi connectivity index (χ3n) is 2.17. The Bertz CT molecular complexity index is 438. The van der Waals surface area contributed by atoms with Crippen LogP contribution in [0.5, 0.6) is 5.75 Å². The van der Waals surface area contributed by atoms with Gasteiger partial charge in [0.2, 0.25) is 0 Å². The van der Waals surface area contributed by atoms with E-state index in [1.165, 1.54) is 18.7 Å². The van der Waals surface area contributed by atoms with Crippen molar-refractivity contribution in [3.05, 3.63) is 18.7 Å². The lowest BCUT2D eigenvalue weighted by atomic mass is 10.3. The maximum atomic E-state index is 11.1. The number of esters is 1. The number of nitrogens with one attached hydrogen (secondary N) is 1. The molecule has 1 atom stereocenters. The number of carboxylic acids is 1. The lowest BCUT2D eigenvalue weighted by molar-refractivity contribution is -0.168. The van der Waals surface area contributed by atoms with Gasteiger partial charge in [0.05, 0.1) is 12.4 Å². The van der Waals surface area contributed by atoms with Gasteiger partial charge in [0.1, 0.15) is 19.0 Å². The Balaban J connectivity index is 2.53. The largest absolute Gasteiger partial charge is 0.486 e. The highest BCUT2D eigenvalue weighted by Crippen LogP contribution is 2.06. The molecule has 2 N–H and O–H groups in total. The number of hydrogen-bond acceptors (Lipinski definition) is 7. The molecule has 0 aromatic carbocycles. The molecule has 0 bridgehead atoms. The van der Waals surface area contributed by atoms with Gasteiger partial charge in [0, 0.05) is 12.6 Å². The first-order valence-corrected chi connectivity index (χ1v) is 6.04. The summed E-state index contributed by atoms with van der Waals surface area (Å²) < 4.78 is 10.2. The molecule has 1 aromatic heterocycles. The molecule has 0 aliphatic rings. The van der Waals surface area contributed by atoms with Crippen LogP contribution in [0.3, 0.4) is 0 Å². The van der Waals surface area contributed by atoms with Gasteiger partial charge < -0.3 is 19.9 Å². The summed E-state index contributed by atoms with van der Waals surface area (Å²) in [7, 11) is 0. The van der Waals surface area contributed by atoms with Crippen LogP contribution in [0.2, 0.25) is 0 Å². The van der Waals surface area contributed by atoms with Gasteiger partial charge in [-0.25, -0.2) is 19.6 Å². The molecule has 0 saturated heterocycles. The Hall–Kier alpha value is -2.22. The van der Waals surface area contributed by atoms with Gasteiger partial charge in [-0.2, -0.15) is 0 Å². The molecule has 1 aromatic rings. The topological polar surface area (TPSA) is 111 Å². The lowest BCUT2D eigenvalue weighted by Crippen LogP contribution is -2.39. The van der Waals surface area contributed by atoms with Gasteiger partial charge in [-0.05, 0) is 0 Å². The predicted octanol–water partition coefficient (Wildman–Crippen LogP) is -0.150.